The molecule has 0 bridgehead atoms. The lowest BCUT2D eigenvalue weighted by Gasteiger charge is -2.10. The third kappa shape index (κ3) is 2.49. The lowest BCUT2D eigenvalue weighted by Crippen LogP contribution is -2.14. The third-order valence-electron chi connectivity index (χ3n) is 3.23. The monoisotopic (exact) mass is 277 g/mol. The smallest absolute Gasteiger partial charge is 0.260 e. The van der Waals surface area contributed by atoms with Gasteiger partial charge in [0.15, 0.2) is 0 Å². The number of aromatic nitrogens is 2. The number of aryl methyl sites for hydroxylation is 3. The molecule has 5 heteroatoms. The number of nitrogens with zero attached hydrogens (tertiary/aromatic N) is 2. The second-order valence-electron chi connectivity index (χ2n) is 4.58. The van der Waals surface area contributed by atoms with Gasteiger partial charge in [-0.05, 0) is 38.0 Å². The zero-order chi connectivity index (χ0) is 14.2. The molecule has 1 heterocycles. The van der Waals surface area contributed by atoms with Crippen LogP contribution in [0.25, 0.3) is 0 Å². The SMILES string of the molecule is Cc1cccc(NC(=O)c2c(C)nn(C)c2Cl)c1C. The van der Waals surface area contributed by atoms with Crippen LogP contribution in [0.2, 0.25) is 5.15 Å². The van der Waals surface area contributed by atoms with E-state index >= 15 is 0 Å². The molecule has 0 aliphatic carbocycles. The number of halogens is 1. The van der Waals surface area contributed by atoms with Gasteiger partial charge in [0.1, 0.15) is 5.15 Å². The van der Waals surface area contributed by atoms with Gasteiger partial charge in [-0.15, -0.1) is 0 Å². The molecule has 1 aromatic heterocycles. The first-order valence-corrected chi connectivity index (χ1v) is 6.36. The van der Waals surface area contributed by atoms with Gasteiger partial charge in [-0.2, -0.15) is 5.10 Å². The lowest BCUT2D eigenvalue weighted by atomic mass is 10.1. The molecule has 0 saturated heterocycles. The second kappa shape index (κ2) is 5.05. The summed E-state index contributed by atoms with van der Waals surface area (Å²) in [6, 6.07) is 5.79. The topological polar surface area (TPSA) is 46.9 Å². The molecular formula is C14H16ClN3O. The van der Waals surface area contributed by atoms with Crippen LogP contribution in [0.3, 0.4) is 0 Å². The Morgan fingerprint density at radius 2 is 2.00 bits per heavy atom. The molecule has 1 N–H and O–H groups in total. The van der Waals surface area contributed by atoms with E-state index in [9.17, 15) is 4.79 Å². The van der Waals surface area contributed by atoms with Crippen LogP contribution in [-0.2, 0) is 7.05 Å². The molecule has 2 aromatic rings. The van der Waals surface area contributed by atoms with E-state index in [1.807, 2.05) is 32.0 Å². The molecule has 0 unspecified atom stereocenters. The van der Waals surface area contributed by atoms with Crippen LogP contribution in [0.4, 0.5) is 5.69 Å². The molecule has 4 nitrogen and oxygen atoms in total. The molecule has 1 aromatic carbocycles. The number of hydrogen-bond donors (Lipinski definition) is 1. The number of amides is 1. The van der Waals surface area contributed by atoms with Gasteiger partial charge < -0.3 is 5.32 Å². The van der Waals surface area contributed by atoms with Gasteiger partial charge in [-0.3, -0.25) is 9.48 Å². The summed E-state index contributed by atoms with van der Waals surface area (Å²) < 4.78 is 1.49. The fourth-order valence-electron chi connectivity index (χ4n) is 1.96. The van der Waals surface area contributed by atoms with Crippen LogP contribution in [0.5, 0.6) is 0 Å². The fraction of sp³-hybridized carbons (Fsp3) is 0.286. The summed E-state index contributed by atoms with van der Waals surface area (Å²) in [5.41, 5.74) is 4.02. The van der Waals surface area contributed by atoms with Gasteiger partial charge in [0, 0.05) is 12.7 Å². The highest BCUT2D eigenvalue weighted by atomic mass is 35.5. The van der Waals surface area contributed by atoms with E-state index in [0.717, 1.165) is 16.8 Å². The number of anilines is 1. The zero-order valence-corrected chi connectivity index (χ0v) is 12.2. The molecule has 0 radical (unpaired) electrons. The van der Waals surface area contributed by atoms with Crippen molar-refractivity contribution in [3.63, 3.8) is 0 Å². The highest BCUT2D eigenvalue weighted by molar-refractivity contribution is 6.33. The minimum Gasteiger partial charge on any atom is -0.322 e. The van der Waals surface area contributed by atoms with Gasteiger partial charge in [-0.25, -0.2) is 0 Å². The van der Waals surface area contributed by atoms with Crippen molar-refractivity contribution < 1.29 is 4.79 Å². The van der Waals surface area contributed by atoms with E-state index < -0.39 is 0 Å². The fourth-order valence-corrected chi connectivity index (χ4v) is 2.22. The molecule has 0 saturated carbocycles. The first kappa shape index (κ1) is 13.6. The minimum atomic E-state index is -0.232. The first-order valence-electron chi connectivity index (χ1n) is 5.98. The van der Waals surface area contributed by atoms with Crippen molar-refractivity contribution in [1.29, 1.82) is 0 Å². The number of rotatable bonds is 2. The predicted octanol–water partition coefficient (Wildman–Crippen LogP) is 3.25. The van der Waals surface area contributed by atoms with Crippen LogP contribution in [0.15, 0.2) is 18.2 Å². The maximum absolute atomic E-state index is 12.3. The zero-order valence-electron chi connectivity index (χ0n) is 11.4. The predicted molar refractivity (Wildman–Crippen MR) is 76.8 cm³/mol. The number of carbonyl (C=O) groups is 1. The summed E-state index contributed by atoms with van der Waals surface area (Å²) in [5.74, 6) is -0.232. The molecule has 0 aliphatic rings. The Kier molecular flexibility index (Phi) is 3.62. The quantitative estimate of drug-likeness (QED) is 0.916. The van der Waals surface area contributed by atoms with E-state index in [4.69, 9.17) is 11.6 Å². The van der Waals surface area contributed by atoms with E-state index in [0.29, 0.717) is 16.4 Å². The molecule has 0 fully saturated rings. The van der Waals surface area contributed by atoms with E-state index in [2.05, 4.69) is 10.4 Å². The van der Waals surface area contributed by atoms with Gasteiger partial charge in [0.05, 0.1) is 11.3 Å². The Bertz CT molecular complexity index is 646. The summed E-state index contributed by atoms with van der Waals surface area (Å²) in [7, 11) is 1.71. The van der Waals surface area contributed by atoms with Crippen LogP contribution >= 0.6 is 11.6 Å². The molecule has 2 rings (SSSR count). The normalized spacial score (nSPS) is 10.6. The number of hydrogen-bond acceptors (Lipinski definition) is 2. The third-order valence-corrected chi connectivity index (χ3v) is 3.67. The second-order valence-corrected chi connectivity index (χ2v) is 4.93. The van der Waals surface area contributed by atoms with Crippen molar-refractivity contribution in [2.45, 2.75) is 20.8 Å². The molecular weight excluding hydrogens is 262 g/mol. The Morgan fingerprint density at radius 1 is 1.32 bits per heavy atom. The standard InChI is InChI=1S/C14H16ClN3O/c1-8-6-5-7-11(9(8)2)16-14(19)12-10(3)17-18(4)13(12)15/h5-7H,1-4H3,(H,16,19). The Hall–Kier alpha value is -1.81. The Labute approximate surface area is 117 Å². The lowest BCUT2D eigenvalue weighted by molar-refractivity contribution is 0.102. The van der Waals surface area contributed by atoms with Crippen LogP contribution in [0, 0.1) is 20.8 Å². The van der Waals surface area contributed by atoms with E-state index in [1.54, 1.807) is 14.0 Å². The van der Waals surface area contributed by atoms with Gasteiger partial charge >= 0.3 is 0 Å². The molecule has 1 amide bonds. The first-order chi connectivity index (χ1) is 8.91. The number of carbonyl (C=O) groups excluding carboxylic acids is 1. The average molecular weight is 278 g/mol. The van der Waals surface area contributed by atoms with Crippen molar-refractivity contribution in [2.75, 3.05) is 5.32 Å². The maximum atomic E-state index is 12.3. The maximum Gasteiger partial charge on any atom is 0.260 e. The Morgan fingerprint density at radius 3 is 2.58 bits per heavy atom. The highest BCUT2D eigenvalue weighted by Crippen LogP contribution is 2.22. The summed E-state index contributed by atoms with van der Waals surface area (Å²) in [6.07, 6.45) is 0. The van der Waals surface area contributed by atoms with Crippen LogP contribution in [0.1, 0.15) is 27.2 Å². The van der Waals surface area contributed by atoms with Crippen LogP contribution < -0.4 is 5.32 Å². The molecule has 100 valence electrons. The number of nitrogens with one attached hydrogen (secondary N) is 1. The average Bonchev–Trinajstić information content (AvgIpc) is 2.59. The van der Waals surface area contributed by atoms with Crippen molar-refractivity contribution in [2.24, 2.45) is 7.05 Å². The minimum absolute atomic E-state index is 0.232. The number of benzene rings is 1. The van der Waals surface area contributed by atoms with E-state index in [1.165, 1.54) is 4.68 Å². The van der Waals surface area contributed by atoms with Crippen molar-refractivity contribution in [3.8, 4) is 0 Å². The molecule has 0 aliphatic heterocycles. The summed E-state index contributed by atoms with van der Waals surface area (Å²) in [6.45, 7) is 5.75. The summed E-state index contributed by atoms with van der Waals surface area (Å²) in [5, 5.41) is 7.37. The Balaban J connectivity index is 2.34. The van der Waals surface area contributed by atoms with Crippen molar-refractivity contribution in [1.82, 2.24) is 9.78 Å². The highest BCUT2D eigenvalue weighted by Gasteiger charge is 2.19. The summed E-state index contributed by atoms with van der Waals surface area (Å²) >= 11 is 6.09. The van der Waals surface area contributed by atoms with Gasteiger partial charge in [0.2, 0.25) is 0 Å². The van der Waals surface area contributed by atoms with Gasteiger partial charge in [0.25, 0.3) is 5.91 Å². The van der Waals surface area contributed by atoms with Gasteiger partial charge in [-0.1, -0.05) is 23.7 Å². The van der Waals surface area contributed by atoms with Crippen molar-refractivity contribution in [3.05, 3.63) is 45.7 Å². The molecule has 0 spiro atoms. The largest absolute Gasteiger partial charge is 0.322 e. The van der Waals surface area contributed by atoms with Crippen molar-refractivity contribution >= 4 is 23.2 Å². The summed E-state index contributed by atoms with van der Waals surface area (Å²) in [4.78, 5) is 12.3. The molecule has 0 atom stereocenters. The molecule has 19 heavy (non-hydrogen) atoms. The van der Waals surface area contributed by atoms with Crippen LogP contribution in [-0.4, -0.2) is 15.7 Å². The van der Waals surface area contributed by atoms with E-state index in [-0.39, 0.29) is 5.91 Å².